The minimum Gasteiger partial charge on any atom is -0.380 e. The Hall–Kier alpha value is -3.04. The van der Waals surface area contributed by atoms with E-state index < -0.39 is 5.82 Å². The zero-order valence-corrected chi connectivity index (χ0v) is 15.9. The van der Waals surface area contributed by atoms with Gasteiger partial charge in [0.05, 0.1) is 29.6 Å². The third-order valence-corrected chi connectivity index (χ3v) is 5.54. The van der Waals surface area contributed by atoms with Gasteiger partial charge in [0.2, 0.25) is 0 Å². The number of nitrogens with two attached hydrogens (primary N) is 1. The lowest BCUT2D eigenvalue weighted by Gasteiger charge is -2.30. The van der Waals surface area contributed by atoms with Crippen molar-refractivity contribution in [2.75, 3.05) is 18.5 Å². The van der Waals surface area contributed by atoms with Gasteiger partial charge in [0.15, 0.2) is 11.6 Å². The fourth-order valence-electron chi connectivity index (χ4n) is 3.95. The topological polar surface area (TPSA) is 107 Å². The van der Waals surface area contributed by atoms with Gasteiger partial charge in [-0.1, -0.05) is 0 Å². The van der Waals surface area contributed by atoms with Crippen LogP contribution in [0.1, 0.15) is 27.9 Å². The predicted octanol–water partition coefficient (Wildman–Crippen LogP) is 1.62. The van der Waals surface area contributed by atoms with Crippen molar-refractivity contribution in [3.8, 4) is 11.3 Å². The number of rotatable bonds is 3. The van der Waals surface area contributed by atoms with Crippen molar-refractivity contribution in [3.63, 3.8) is 0 Å². The number of ether oxygens (including phenoxy) is 1. The molecule has 0 aliphatic carbocycles. The molecule has 8 nitrogen and oxygen atoms in total. The van der Waals surface area contributed by atoms with Crippen LogP contribution in [0.2, 0.25) is 0 Å². The molecule has 4 N–H and O–H groups in total. The Bertz CT molecular complexity index is 1130. The van der Waals surface area contributed by atoms with Crippen LogP contribution in [0.5, 0.6) is 0 Å². The Kier molecular flexibility index (Phi) is 4.21. The molecule has 2 aliphatic heterocycles. The highest BCUT2D eigenvalue weighted by Crippen LogP contribution is 2.35. The van der Waals surface area contributed by atoms with Gasteiger partial charge in [0.25, 0.3) is 5.91 Å². The van der Waals surface area contributed by atoms with E-state index in [4.69, 9.17) is 10.5 Å². The molecule has 3 aromatic rings. The van der Waals surface area contributed by atoms with E-state index in [1.54, 1.807) is 10.7 Å². The lowest BCUT2D eigenvalue weighted by molar-refractivity contribution is 0.0751. The summed E-state index contributed by atoms with van der Waals surface area (Å²) in [7, 11) is 0. The van der Waals surface area contributed by atoms with Gasteiger partial charge in [-0.05, 0) is 31.0 Å². The normalized spacial score (nSPS) is 21.3. The van der Waals surface area contributed by atoms with Gasteiger partial charge in [0, 0.05) is 42.6 Å². The number of amides is 1. The Labute approximate surface area is 166 Å². The first-order valence-corrected chi connectivity index (χ1v) is 9.57. The summed E-state index contributed by atoms with van der Waals surface area (Å²) in [5.41, 5.74) is 9.65. The van der Waals surface area contributed by atoms with Crippen LogP contribution in [0.25, 0.3) is 16.8 Å². The van der Waals surface area contributed by atoms with Gasteiger partial charge >= 0.3 is 0 Å². The number of carbonyl (C=O) groups is 1. The molecule has 0 saturated carbocycles. The van der Waals surface area contributed by atoms with Crippen molar-refractivity contribution in [1.82, 2.24) is 19.9 Å². The zero-order valence-electron chi connectivity index (χ0n) is 15.9. The summed E-state index contributed by atoms with van der Waals surface area (Å²) in [6.07, 6.45) is 4.16. The van der Waals surface area contributed by atoms with Crippen molar-refractivity contribution < 1.29 is 13.9 Å². The average molecular weight is 396 g/mol. The molecule has 0 bridgehead atoms. The highest BCUT2D eigenvalue weighted by atomic mass is 19.1. The van der Waals surface area contributed by atoms with E-state index in [2.05, 4.69) is 20.7 Å². The second-order valence-electron chi connectivity index (χ2n) is 7.53. The van der Waals surface area contributed by atoms with Crippen LogP contribution in [0.15, 0.2) is 24.5 Å². The molecule has 2 aliphatic rings. The molecule has 1 saturated heterocycles. The number of carbonyl (C=O) groups excluding carboxylic acids is 1. The van der Waals surface area contributed by atoms with Gasteiger partial charge in [-0.3, -0.25) is 4.79 Å². The predicted molar refractivity (Wildman–Crippen MR) is 105 cm³/mol. The number of aryl methyl sites for hydroxylation is 1. The van der Waals surface area contributed by atoms with E-state index >= 15 is 4.39 Å². The Morgan fingerprint density at radius 3 is 3.14 bits per heavy atom. The van der Waals surface area contributed by atoms with Crippen molar-refractivity contribution in [3.05, 3.63) is 47.0 Å². The van der Waals surface area contributed by atoms with Crippen molar-refractivity contribution in [1.29, 1.82) is 0 Å². The fourth-order valence-corrected chi connectivity index (χ4v) is 3.95. The van der Waals surface area contributed by atoms with Crippen LogP contribution in [0.4, 0.5) is 10.2 Å². The molecule has 5 heterocycles. The number of halogens is 1. The molecule has 3 aromatic heterocycles. The van der Waals surface area contributed by atoms with Crippen LogP contribution in [0, 0.1) is 12.7 Å². The summed E-state index contributed by atoms with van der Waals surface area (Å²) >= 11 is 0. The van der Waals surface area contributed by atoms with Crippen LogP contribution in [-0.2, 0) is 11.3 Å². The van der Waals surface area contributed by atoms with Crippen LogP contribution >= 0.6 is 0 Å². The Morgan fingerprint density at radius 1 is 1.45 bits per heavy atom. The smallest absolute Gasteiger partial charge is 0.254 e. The third kappa shape index (κ3) is 2.93. The summed E-state index contributed by atoms with van der Waals surface area (Å²) in [6, 6.07) is 3.49. The molecule has 0 aromatic carbocycles. The monoisotopic (exact) mass is 396 g/mol. The van der Waals surface area contributed by atoms with E-state index in [0.717, 1.165) is 11.1 Å². The summed E-state index contributed by atoms with van der Waals surface area (Å²) < 4.78 is 22.3. The number of hydrogen-bond acceptors (Lipinski definition) is 6. The van der Waals surface area contributed by atoms with E-state index in [1.807, 2.05) is 25.3 Å². The zero-order chi connectivity index (χ0) is 20.1. The number of nitrogens with zero attached hydrogens (tertiary/aromatic N) is 3. The van der Waals surface area contributed by atoms with E-state index in [1.165, 1.54) is 0 Å². The van der Waals surface area contributed by atoms with Crippen molar-refractivity contribution in [2.45, 2.75) is 32.0 Å². The molecule has 1 fully saturated rings. The molecule has 150 valence electrons. The molecular formula is C20H21FN6O2. The van der Waals surface area contributed by atoms with E-state index in [9.17, 15) is 4.79 Å². The summed E-state index contributed by atoms with van der Waals surface area (Å²) in [5, 5.41) is 10.2. The first kappa shape index (κ1) is 18.0. The highest BCUT2D eigenvalue weighted by Gasteiger charge is 2.32. The molecule has 0 radical (unpaired) electrons. The number of hydrogen-bond donors (Lipinski definition) is 3. The maximum Gasteiger partial charge on any atom is 0.254 e. The number of nitrogens with one attached hydrogen (secondary N) is 2. The first-order chi connectivity index (χ1) is 14.0. The molecule has 2 atom stereocenters. The van der Waals surface area contributed by atoms with Crippen LogP contribution in [-0.4, -0.2) is 45.8 Å². The van der Waals surface area contributed by atoms with E-state index in [0.29, 0.717) is 36.5 Å². The van der Waals surface area contributed by atoms with Gasteiger partial charge in [-0.2, -0.15) is 5.10 Å². The quantitative estimate of drug-likeness (QED) is 0.621. The minimum atomic E-state index is -0.520. The maximum atomic E-state index is 15.2. The molecule has 0 spiro atoms. The standard InChI is InChI=1S/C20H21FN6O2/c1-10-2-4-27-15(6-10)11(8-24-27)18-16-12(7-23-20(16)28)17(21)19(26-18)25-14-3-5-29-9-13(14)22/h2,4,6,8,13-14H,3,5,7,9,22H2,1H3,(H,23,28)(H,25,26)/t13-,14+/m0/s1. The summed E-state index contributed by atoms with van der Waals surface area (Å²) in [4.78, 5) is 17.0. The SMILES string of the molecule is Cc1ccn2ncc(-c3nc(N[C@@H]4CCOC[C@@H]4N)c(F)c4c3C(=O)NC4)c2c1. The first-order valence-electron chi connectivity index (χ1n) is 9.57. The lowest BCUT2D eigenvalue weighted by atomic mass is 10.0. The van der Waals surface area contributed by atoms with Gasteiger partial charge in [-0.25, -0.2) is 13.9 Å². The highest BCUT2D eigenvalue weighted by molar-refractivity contribution is 6.05. The maximum absolute atomic E-state index is 15.2. The van der Waals surface area contributed by atoms with Crippen LogP contribution in [0.3, 0.4) is 0 Å². The largest absolute Gasteiger partial charge is 0.380 e. The van der Waals surface area contributed by atoms with Crippen molar-refractivity contribution in [2.24, 2.45) is 5.73 Å². The molecule has 29 heavy (non-hydrogen) atoms. The molecule has 5 rings (SSSR count). The fraction of sp³-hybridized carbons (Fsp3) is 0.350. The number of pyridine rings is 2. The Balaban J connectivity index is 1.67. The minimum absolute atomic E-state index is 0.101. The van der Waals surface area contributed by atoms with Gasteiger partial charge in [0.1, 0.15) is 0 Å². The molecule has 1 amide bonds. The van der Waals surface area contributed by atoms with Crippen molar-refractivity contribution >= 4 is 17.2 Å². The average Bonchev–Trinajstić information content (AvgIpc) is 3.30. The Morgan fingerprint density at radius 2 is 2.31 bits per heavy atom. The van der Waals surface area contributed by atoms with Crippen LogP contribution < -0.4 is 16.4 Å². The summed E-state index contributed by atoms with van der Waals surface area (Å²) in [5.74, 6) is -0.749. The molecule has 9 heteroatoms. The molecule has 0 unspecified atom stereocenters. The third-order valence-electron chi connectivity index (χ3n) is 5.54. The summed E-state index contributed by atoms with van der Waals surface area (Å²) in [6.45, 7) is 3.07. The van der Waals surface area contributed by atoms with Gasteiger partial charge in [-0.15, -0.1) is 0 Å². The van der Waals surface area contributed by atoms with E-state index in [-0.39, 0.29) is 35.9 Å². The number of anilines is 1. The lowest BCUT2D eigenvalue weighted by Crippen LogP contribution is -2.48. The second-order valence-corrected chi connectivity index (χ2v) is 7.53. The number of aromatic nitrogens is 3. The van der Waals surface area contributed by atoms with Gasteiger partial charge < -0.3 is 21.1 Å². The molecular weight excluding hydrogens is 375 g/mol. The number of fused-ring (bicyclic) bond motifs is 2. The second kappa shape index (κ2) is 6.78.